The Hall–Kier alpha value is -1.93. The number of hydrogen-bond donors (Lipinski definition) is 0. The Labute approximate surface area is 216 Å². The molecule has 0 spiro atoms. The number of carbonyl (C=O) groups is 1. The zero-order valence-electron chi connectivity index (χ0n) is 21.2. The fourth-order valence-electron chi connectivity index (χ4n) is 4.26. The van der Waals surface area contributed by atoms with Gasteiger partial charge in [-0.25, -0.2) is 9.18 Å². The van der Waals surface area contributed by atoms with Gasteiger partial charge in [-0.1, -0.05) is 23.9 Å². The highest BCUT2D eigenvalue weighted by molar-refractivity contribution is 8.14. The van der Waals surface area contributed by atoms with E-state index in [2.05, 4.69) is 4.99 Å². The number of amides is 1. The van der Waals surface area contributed by atoms with E-state index in [1.54, 1.807) is 34.6 Å². The van der Waals surface area contributed by atoms with Gasteiger partial charge in [0.15, 0.2) is 17.1 Å². The van der Waals surface area contributed by atoms with Crippen LogP contribution in [-0.4, -0.2) is 76.7 Å². The Morgan fingerprint density at radius 1 is 1.16 bits per heavy atom. The molecular weight excluding hydrogens is 520 g/mol. The van der Waals surface area contributed by atoms with E-state index in [1.807, 2.05) is 0 Å². The van der Waals surface area contributed by atoms with Crippen LogP contribution in [-0.2, 0) is 30.3 Å². The third-order valence-corrected chi connectivity index (χ3v) is 7.01. The predicted molar refractivity (Wildman–Crippen MR) is 126 cm³/mol. The summed E-state index contributed by atoms with van der Waals surface area (Å²) < 4.78 is 84.5. The number of halogens is 4. The van der Waals surface area contributed by atoms with E-state index in [4.69, 9.17) is 23.7 Å². The molecular formula is C24H30F4N2O6S. The Balaban J connectivity index is 1.57. The highest BCUT2D eigenvalue weighted by atomic mass is 32.2. The SMILES string of the molecule is CN(C(=O)OC(C)(C)C)C1=NC2C(OC(C(OCc3ccc(F)cc3)C(F)(F)F)C3OC(C)(C)OC23)S1. The average Bonchev–Trinajstić information content (AvgIpc) is 3.32. The van der Waals surface area contributed by atoms with Gasteiger partial charge in [-0.15, -0.1) is 0 Å². The minimum atomic E-state index is -4.81. The summed E-state index contributed by atoms with van der Waals surface area (Å²) in [4.78, 5) is 18.3. The van der Waals surface area contributed by atoms with Crippen LogP contribution in [0, 0.1) is 5.82 Å². The molecule has 3 aliphatic heterocycles. The van der Waals surface area contributed by atoms with Gasteiger partial charge in [0.25, 0.3) is 0 Å². The first-order valence-electron chi connectivity index (χ1n) is 11.7. The number of alkyl halides is 3. The quantitative estimate of drug-likeness (QED) is 0.496. The van der Waals surface area contributed by atoms with Gasteiger partial charge in [0.05, 0.1) is 6.61 Å². The number of hydrogen-bond acceptors (Lipinski definition) is 8. The van der Waals surface area contributed by atoms with E-state index in [0.29, 0.717) is 5.56 Å². The van der Waals surface area contributed by atoms with Gasteiger partial charge in [0.2, 0.25) is 0 Å². The molecule has 8 nitrogen and oxygen atoms in total. The number of carbonyl (C=O) groups excluding carboxylic acids is 1. The van der Waals surface area contributed by atoms with Gasteiger partial charge in [-0.2, -0.15) is 13.2 Å². The highest BCUT2D eigenvalue weighted by Crippen LogP contribution is 2.47. The molecule has 0 bridgehead atoms. The molecule has 0 aromatic heterocycles. The maximum atomic E-state index is 14.3. The molecule has 3 heterocycles. The van der Waals surface area contributed by atoms with Crippen molar-refractivity contribution in [3.63, 3.8) is 0 Å². The van der Waals surface area contributed by atoms with Crippen molar-refractivity contribution < 1.29 is 46.0 Å². The van der Waals surface area contributed by atoms with Crippen molar-refractivity contribution in [1.29, 1.82) is 0 Å². The lowest BCUT2D eigenvalue weighted by Gasteiger charge is -2.41. The summed E-state index contributed by atoms with van der Waals surface area (Å²) in [5.74, 6) is -1.70. The Kier molecular flexibility index (Phi) is 7.58. The fraction of sp³-hybridized carbons (Fsp3) is 0.667. The van der Waals surface area contributed by atoms with Crippen molar-refractivity contribution in [2.24, 2.45) is 4.99 Å². The third kappa shape index (κ3) is 6.39. The molecule has 37 heavy (non-hydrogen) atoms. The molecule has 3 aliphatic rings. The number of fused-ring (bicyclic) bond motifs is 3. The minimum Gasteiger partial charge on any atom is -0.443 e. The number of nitrogens with zero attached hydrogens (tertiary/aromatic N) is 2. The minimum absolute atomic E-state index is 0.229. The van der Waals surface area contributed by atoms with Gasteiger partial charge in [0.1, 0.15) is 41.2 Å². The Morgan fingerprint density at radius 2 is 1.78 bits per heavy atom. The fourth-order valence-corrected chi connectivity index (χ4v) is 5.42. The van der Waals surface area contributed by atoms with Gasteiger partial charge in [-0.05, 0) is 52.3 Å². The average molecular weight is 551 g/mol. The first-order chi connectivity index (χ1) is 17.0. The van der Waals surface area contributed by atoms with Crippen LogP contribution in [0.1, 0.15) is 40.2 Å². The molecule has 0 radical (unpaired) electrons. The second kappa shape index (κ2) is 9.99. The maximum Gasteiger partial charge on any atom is 0.417 e. The molecule has 2 fully saturated rings. The molecule has 0 saturated carbocycles. The van der Waals surface area contributed by atoms with Crippen LogP contribution >= 0.6 is 11.8 Å². The van der Waals surface area contributed by atoms with Crippen LogP contribution in [0.5, 0.6) is 0 Å². The first kappa shape index (κ1) is 28.1. The first-order valence-corrected chi connectivity index (χ1v) is 12.6. The maximum absolute atomic E-state index is 14.3. The van der Waals surface area contributed by atoms with Crippen molar-refractivity contribution in [3.05, 3.63) is 35.6 Å². The smallest absolute Gasteiger partial charge is 0.417 e. The van der Waals surface area contributed by atoms with Gasteiger partial charge >= 0.3 is 12.3 Å². The number of aliphatic imine (C=N–C) groups is 1. The molecule has 6 atom stereocenters. The summed E-state index contributed by atoms with van der Waals surface area (Å²) in [6, 6.07) is 4.26. The molecule has 0 N–H and O–H groups in total. The number of thioether (sulfide) groups is 1. The summed E-state index contributed by atoms with van der Waals surface area (Å²) in [6.07, 6.45) is -11.4. The number of ether oxygens (including phenoxy) is 5. The van der Waals surface area contributed by atoms with Crippen LogP contribution in [0.2, 0.25) is 0 Å². The van der Waals surface area contributed by atoms with E-state index in [-0.39, 0.29) is 5.17 Å². The van der Waals surface area contributed by atoms with Crippen LogP contribution in [0.25, 0.3) is 0 Å². The molecule has 2 saturated heterocycles. The topological polar surface area (TPSA) is 78.8 Å². The summed E-state index contributed by atoms with van der Waals surface area (Å²) in [5.41, 5.74) is -1.27. The lowest BCUT2D eigenvalue weighted by molar-refractivity contribution is -0.281. The normalized spacial score (nSPS) is 29.8. The van der Waals surface area contributed by atoms with Crippen LogP contribution in [0.3, 0.4) is 0 Å². The molecule has 1 aromatic carbocycles. The lowest BCUT2D eigenvalue weighted by atomic mass is 9.94. The lowest BCUT2D eigenvalue weighted by Crippen LogP contribution is -2.60. The number of rotatable bonds is 4. The zero-order valence-corrected chi connectivity index (χ0v) is 22.1. The molecule has 4 rings (SSSR count). The van der Waals surface area contributed by atoms with Gasteiger partial charge < -0.3 is 23.7 Å². The molecule has 13 heteroatoms. The second-order valence-electron chi connectivity index (χ2n) is 10.5. The highest BCUT2D eigenvalue weighted by Gasteiger charge is 2.63. The standard InChI is InChI=1S/C24H30F4N2O6S/c1-22(2,3)36-21(31)30(6)20-29-14-15-16(35-23(4,5)34-15)17(33-19(14)37-20)18(24(26,27)28)32-11-12-7-9-13(25)10-8-12/h7-10,14-19H,11H2,1-6H3. The van der Waals surface area contributed by atoms with E-state index in [1.165, 1.54) is 24.1 Å². The van der Waals surface area contributed by atoms with Gasteiger partial charge in [0, 0.05) is 7.05 Å². The zero-order chi connectivity index (χ0) is 27.3. The summed E-state index contributed by atoms with van der Waals surface area (Å²) >= 11 is 1.01. The van der Waals surface area contributed by atoms with Crippen molar-refractivity contribution in [2.75, 3.05) is 7.05 Å². The monoisotopic (exact) mass is 550 g/mol. The van der Waals surface area contributed by atoms with Crippen LogP contribution < -0.4 is 0 Å². The van der Waals surface area contributed by atoms with E-state index in [0.717, 1.165) is 23.9 Å². The summed E-state index contributed by atoms with van der Waals surface area (Å²) in [6.45, 7) is 7.92. The van der Waals surface area contributed by atoms with E-state index < -0.39 is 72.0 Å². The molecule has 0 aliphatic carbocycles. The van der Waals surface area contributed by atoms with E-state index >= 15 is 0 Å². The van der Waals surface area contributed by atoms with Crippen molar-refractivity contribution in [1.82, 2.24) is 4.90 Å². The summed E-state index contributed by atoms with van der Waals surface area (Å²) in [5, 5.41) is 0.229. The number of benzene rings is 1. The Bertz CT molecular complexity index is 1030. The van der Waals surface area contributed by atoms with Crippen molar-refractivity contribution in [3.8, 4) is 0 Å². The molecule has 1 amide bonds. The van der Waals surface area contributed by atoms with Crippen molar-refractivity contribution in [2.45, 2.75) is 94.7 Å². The largest absolute Gasteiger partial charge is 0.443 e. The second-order valence-corrected chi connectivity index (χ2v) is 11.6. The molecule has 1 aromatic rings. The number of amidine groups is 1. The summed E-state index contributed by atoms with van der Waals surface area (Å²) in [7, 11) is 1.46. The molecule has 6 unspecified atom stereocenters. The molecule has 206 valence electrons. The van der Waals surface area contributed by atoms with E-state index in [9.17, 15) is 22.4 Å². The van der Waals surface area contributed by atoms with Gasteiger partial charge in [-0.3, -0.25) is 9.89 Å². The van der Waals surface area contributed by atoms with Crippen molar-refractivity contribution >= 4 is 23.0 Å². The Morgan fingerprint density at radius 3 is 2.38 bits per heavy atom. The third-order valence-electron chi connectivity index (χ3n) is 5.79. The van der Waals surface area contributed by atoms with Crippen LogP contribution in [0.15, 0.2) is 29.3 Å². The predicted octanol–water partition coefficient (Wildman–Crippen LogP) is 4.86. The van der Waals surface area contributed by atoms with Crippen LogP contribution in [0.4, 0.5) is 22.4 Å².